The number of aromatic nitrogens is 3. The maximum absolute atomic E-state index is 12.7. The van der Waals surface area contributed by atoms with Crippen LogP contribution in [-0.2, 0) is 23.2 Å². The van der Waals surface area contributed by atoms with Crippen molar-refractivity contribution in [3.8, 4) is 0 Å². The highest BCUT2D eigenvalue weighted by atomic mass is 16.2. The van der Waals surface area contributed by atoms with Gasteiger partial charge in [0.05, 0.1) is 6.54 Å². The van der Waals surface area contributed by atoms with Crippen LogP contribution in [0.2, 0.25) is 0 Å². The number of rotatable bonds is 5. The summed E-state index contributed by atoms with van der Waals surface area (Å²) in [5, 5.41) is 10.8. The first-order valence-corrected chi connectivity index (χ1v) is 7.56. The number of amides is 2. The number of piperazine rings is 1. The smallest absolute Gasteiger partial charge is 0.246 e. The molecule has 0 spiro atoms. The second-order valence-electron chi connectivity index (χ2n) is 5.98. The Morgan fingerprint density at radius 1 is 1.38 bits per heavy atom. The van der Waals surface area contributed by atoms with Crippen molar-refractivity contribution in [2.24, 2.45) is 13.0 Å². The molecule has 114 valence electrons. The Morgan fingerprint density at radius 3 is 2.71 bits per heavy atom. The van der Waals surface area contributed by atoms with Gasteiger partial charge >= 0.3 is 0 Å². The van der Waals surface area contributed by atoms with E-state index in [0.29, 0.717) is 18.9 Å². The van der Waals surface area contributed by atoms with Gasteiger partial charge < -0.3 is 10.2 Å². The van der Waals surface area contributed by atoms with Crippen LogP contribution >= 0.6 is 0 Å². The van der Waals surface area contributed by atoms with Crippen LogP contribution in [0, 0.1) is 5.92 Å². The van der Waals surface area contributed by atoms with E-state index >= 15 is 0 Å². The molecular formula is C14H21N5O2. The standard InChI is InChI=1S/C14H21N5O2/c1-3-4-11-13(20)15-12(9-5-6-9)14(21)19(11)8-10-7-18(2)17-16-10/h7,9,11-12H,3-6,8H2,1-2H3,(H,15,20). The number of nitrogens with one attached hydrogen (secondary N) is 1. The van der Waals surface area contributed by atoms with Gasteiger partial charge in [-0.2, -0.15) is 0 Å². The predicted molar refractivity (Wildman–Crippen MR) is 74.9 cm³/mol. The van der Waals surface area contributed by atoms with E-state index in [2.05, 4.69) is 15.6 Å². The van der Waals surface area contributed by atoms with Gasteiger partial charge in [-0.15, -0.1) is 5.10 Å². The molecule has 2 fully saturated rings. The van der Waals surface area contributed by atoms with E-state index < -0.39 is 0 Å². The molecule has 1 saturated carbocycles. The number of hydrogen-bond acceptors (Lipinski definition) is 4. The number of carbonyl (C=O) groups is 2. The van der Waals surface area contributed by atoms with Crippen LogP contribution in [-0.4, -0.2) is 43.8 Å². The highest BCUT2D eigenvalue weighted by molar-refractivity contribution is 5.97. The maximum atomic E-state index is 12.7. The topological polar surface area (TPSA) is 80.1 Å². The fourth-order valence-corrected chi connectivity index (χ4v) is 2.92. The molecule has 0 bridgehead atoms. The zero-order valence-electron chi connectivity index (χ0n) is 12.5. The summed E-state index contributed by atoms with van der Waals surface area (Å²) in [6.45, 7) is 2.37. The van der Waals surface area contributed by atoms with Crippen LogP contribution in [0.1, 0.15) is 38.3 Å². The minimum atomic E-state index is -0.389. The van der Waals surface area contributed by atoms with Crippen molar-refractivity contribution in [2.45, 2.75) is 51.2 Å². The first kappa shape index (κ1) is 14.0. The van der Waals surface area contributed by atoms with Crippen LogP contribution in [0.15, 0.2) is 6.20 Å². The van der Waals surface area contributed by atoms with Crippen molar-refractivity contribution in [2.75, 3.05) is 0 Å². The van der Waals surface area contributed by atoms with Crippen LogP contribution in [0.4, 0.5) is 0 Å². The minimum absolute atomic E-state index is 0.0289. The van der Waals surface area contributed by atoms with Gasteiger partial charge in [0.2, 0.25) is 11.8 Å². The third-order valence-corrected chi connectivity index (χ3v) is 4.16. The second-order valence-corrected chi connectivity index (χ2v) is 5.98. The summed E-state index contributed by atoms with van der Waals surface area (Å²) in [6, 6.07) is -0.734. The van der Waals surface area contributed by atoms with Crippen molar-refractivity contribution < 1.29 is 9.59 Å². The molecule has 1 aromatic heterocycles. The fraction of sp³-hybridized carbons (Fsp3) is 0.714. The fourth-order valence-electron chi connectivity index (χ4n) is 2.92. The van der Waals surface area contributed by atoms with E-state index in [9.17, 15) is 9.59 Å². The van der Waals surface area contributed by atoms with Crippen LogP contribution in [0.25, 0.3) is 0 Å². The molecule has 1 N–H and O–H groups in total. The molecule has 1 aliphatic carbocycles. The average molecular weight is 291 g/mol. The summed E-state index contributed by atoms with van der Waals surface area (Å²) in [5.41, 5.74) is 0.719. The average Bonchev–Trinajstić information content (AvgIpc) is 3.21. The zero-order valence-corrected chi connectivity index (χ0v) is 12.5. The number of nitrogens with zero attached hydrogens (tertiary/aromatic N) is 4. The highest BCUT2D eigenvalue weighted by Gasteiger charge is 2.46. The lowest BCUT2D eigenvalue weighted by atomic mass is 10.0. The van der Waals surface area contributed by atoms with E-state index in [1.54, 1.807) is 22.8 Å². The third-order valence-electron chi connectivity index (χ3n) is 4.16. The summed E-state index contributed by atoms with van der Waals surface area (Å²) < 4.78 is 1.61. The third kappa shape index (κ3) is 2.77. The van der Waals surface area contributed by atoms with Gasteiger partial charge in [0.1, 0.15) is 17.8 Å². The van der Waals surface area contributed by atoms with Crippen molar-refractivity contribution in [1.29, 1.82) is 0 Å². The van der Waals surface area contributed by atoms with Crippen molar-refractivity contribution >= 4 is 11.8 Å². The Morgan fingerprint density at radius 2 is 2.14 bits per heavy atom. The number of hydrogen-bond donors (Lipinski definition) is 1. The molecule has 2 atom stereocenters. The molecule has 3 rings (SSSR count). The maximum Gasteiger partial charge on any atom is 0.246 e. The SMILES string of the molecule is CCCC1C(=O)NC(C2CC2)C(=O)N1Cc1cn(C)nn1. The van der Waals surface area contributed by atoms with E-state index in [0.717, 1.165) is 25.0 Å². The second kappa shape index (κ2) is 5.46. The van der Waals surface area contributed by atoms with Crippen LogP contribution in [0.5, 0.6) is 0 Å². The van der Waals surface area contributed by atoms with Crippen LogP contribution in [0.3, 0.4) is 0 Å². The van der Waals surface area contributed by atoms with Gasteiger partial charge in [0.25, 0.3) is 0 Å². The molecule has 2 heterocycles. The van der Waals surface area contributed by atoms with Gasteiger partial charge in [-0.25, -0.2) is 0 Å². The van der Waals surface area contributed by atoms with Gasteiger partial charge in [-0.3, -0.25) is 14.3 Å². The first-order chi connectivity index (χ1) is 10.1. The Hall–Kier alpha value is -1.92. The molecule has 21 heavy (non-hydrogen) atoms. The van der Waals surface area contributed by atoms with Crippen molar-refractivity contribution in [1.82, 2.24) is 25.2 Å². The summed E-state index contributed by atoms with van der Waals surface area (Å²) in [5.74, 6) is 0.312. The molecule has 1 saturated heterocycles. The van der Waals surface area contributed by atoms with E-state index in [-0.39, 0.29) is 23.9 Å². The highest BCUT2D eigenvalue weighted by Crippen LogP contribution is 2.35. The monoisotopic (exact) mass is 291 g/mol. The summed E-state index contributed by atoms with van der Waals surface area (Å²) in [4.78, 5) is 26.7. The summed E-state index contributed by atoms with van der Waals surface area (Å²) in [6.07, 6.45) is 5.36. The summed E-state index contributed by atoms with van der Waals surface area (Å²) >= 11 is 0. The largest absolute Gasteiger partial charge is 0.342 e. The lowest BCUT2D eigenvalue weighted by Gasteiger charge is -2.38. The van der Waals surface area contributed by atoms with Gasteiger partial charge in [0.15, 0.2) is 0 Å². The number of aryl methyl sites for hydroxylation is 1. The Labute approximate surface area is 123 Å². The molecule has 2 aliphatic rings. The van der Waals surface area contributed by atoms with Gasteiger partial charge in [-0.1, -0.05) is 18.6 Å². The van der Waals surface area contributed by atoms with E-state index in [1.807, 2.05) is 6.92 Å². The van der Waals surface area contributed by atoms with E-state index in [4.69, 9.17) is 0 Å². The molecule has 1 aliphatic heterocycles. The number of carbonyl (C=O) groups excluding carboxylic acids is 2. The molecule has 2 unspecified atom stereocenters. The lowest BCUT2D eigenvalue weighted by Crippen LogP contribution is -2.63. The van der Waals surface area contributed by atoms with Gasteiger partial charge in [-0.05, 0) is 25.2 Å². The van der Waals surface area contributed by atoms with Crippen molar-refractivity contribution in [3.05, 3.63) is 11.9 Å². The lowest BCUT2D eigenvalue weighted by molar-refractivity contribution is -0.151. The molecule has 0 radical (unpaired) electrons. The predicted octanol–water partition coefficient (Wildman–Crippen LogP) is 0.221. The zero-order chi connectivity index (χ0) is 15.0. The molecule has 2 amide bonds. The Kier molecular flexibility index (Phi) is 3.65. The molecule has 0 aromatic carbocycles. The first-order valence-electron chi connectivity index (χ1n) is 7.56. The molecule has 7 heteroatoms. The van der Waals surface area contributed by atoms with Gasteiger partial charge in [0, 0.05) is 13.2 Å². The Balaban J connectivity index is 1.82. The molecule has 7 nitrogen and oxygen atoms in total. The van der Waals surface area contributed by atoms with Crippen molar-refractivity contribution in [3.63, 3.8) is 0 Å². The minimum Gasteiger partial charge on any atom is -0.342 e. The molecular weight excluding hydrogens is 270 g/mol. The Bertz CT molecular complexity index is 551. The summed E-state index contributed by atoms with van der Waals surface area (Å²) in [7, 11) is 1.79. The quantitative estimate of drug-likeness (QED) is 0.841. The normalized spacial score (nSPS) is 26.1. The van der Waals surface area contributed by atoms with Crippen LogP contribution < -0.4 is 5.32 Å². The molecule has 1 aromatic rings. The van der Waals surface area contributed by atoms with E-state index in [1.165, 1.54) is 0 Å².